The second-order valence-electron chi connectivity index (χ2n) is 7.25. The van der Waals surface area contributed by atoms with E-state index in [-0.39, 0.29) is 17.9 Å². The van der Waals surface area contributed by atoms with Gasteiger partial charge in [0.1, 0.15) is 11.2 Å². The molecule has 29 heavy (non-hydrogen) atoms. The van der Waals surface area contributed by atoms with Crippen LogP contribution in [0.4, 0.5) is 11.4 Å². The molecule has 0 saturated heterocycles. The minimum absolute atomic E-state index is 0.0653. The number of ether oxygens (including phenoxy) is 2. The standard InChI is InChI=1S/C22H24N2O5/c1-14(2)29-18-10-8-17(9-11-18)24-21(27)22(12-13-22)20(26)23-16-6-4-15(5-7-16)19(25)28-3/h4-11,14H,12-13H2,1-3H3,(H,23,26)(H,24,27). The summed E-state index contributed by atoms with van der Waals surface area (Å²) in [6.45, 7) is 3.88. The molecule has 7 nitrogen and oxygen atoms in total. The normalized spacial score (nSPS) is 14.1. The summed E-state index contributed by atoms with van der Waals surface area (Å²) in [5.74, 6) is -0.433. The number of methoxy groups -OCH3 is 1. The Balaban J connectivity index is 1.62. The minimum atomic E-state index is -1.08. The third-order valence-corrected chi connectivity index (χ3v) is 4.67. The topological polar surface area (TPSA) is 93.7 Å². The van der Waals surface area contributed by atoms with Crippen molar-refractivity contribution in [3.63, 3.8) is 0 Å². The van der Waals surface area contributed by atoms with Crippen molar-refractivity contribution in [1.82, 2.24) is 0 Å². The first-order valence-corrected chi connectivity index (χ1v) is 9.42. The molecule has 0 atom stereocenters. The zero-order valence-electron chi connectivity index (χ0n) is 16.7. The van der Waals surface area contributed by atoms with Crippen LogP contribution in [0.15, 0.2) is 48.5 Å². The molecule has 0 radical (unpaired) electrons. The fourth-order valence-corrected chi connectivity index (χ4v) is 2.88. The lowest BCUT2D eigenvalue weighted by Gasteiger charge is -2.16. The van der Waals surface area contributed by atoms with Gasteiger partial charge in [-0.1, -0.05) is 0 Å². The van der Waals surface area contributed by atoms with Crippen LogP contribution in [0.3, 0.4) is 0 Å². The second kappa shape index (κ2) is 8.34. The van der Waals surface area contributed by atoms with Gasteiger partial charge in [-0.2, -0.15) is 0 Å². The van der Waals surface area contributed by atoms with Gasteiger partial charge in [-0.3, -0.25) is 9.59 Å². The van der Waals surface area contributed by atoms with E-state index in [2.05, 4.69) is 15.4 Å². The molecule has 3 rings (SSSR count). The van der Waals surface area contributed by atoms with Crippen molar-refractivity contribution in [2.24, 2.45) is 5.41 Å². The summed E-state index contributed by atoms with van der Waals surface area (Å²) in [5, 5.41) is 5.56. The lowest BCUT2D eigenvalue weighted by Crippen LogP contribution is -2.35. The Morgan fingerprint density at radius 1 is 0.862 bits per heavy atom. The fraction of sp³-hybridized carbons (Fsp3) is 0.318. The molecule has 0 spiro atoms. The van der Waals surface area contributed by atoms with Gasteiger partial charge in [0.05, 0.1) is 18.8 Å². The minimum Gasteiger partial charge on any atom is -0.491 e. The van der Waals surface area contributed by atoms with E-state index in [0.29, 0.717) is 35.5 Å². The number of rotatable bonds is 7. The average molecular weight is 396 g/mol. The van der Waals surface area contributed by atoms with Gasteiger partial charge in [0.2, 0.25) is 11.8 Å². The average Bonchev–Trinajstić information content (AvgIpc) is 3.51. The molecule has 0 heterocycles. The van der Waals surface area contributed by atoms with Crippen LogP contribution in [-0.2, 0) is 14.3 Å². The first-order valence-electron chi connectivity index (χ1n) is 9.42. The highest BCUT2D eigenvalue weighted by Crippen LogP contribution is 2.47. The molecule has 2 aromatic carbocycles. The number of hydrogen-bond donors (Lipinski definition) is 2. The van der Waals surface area contributed by atoms with Gasteiger partial charge >= 0.3 is 5.97 Å². The maximum absolute atomic E-state index is 12.7. The van der Waals surface area contributed by atoms with E-state index in [4.69, 9.17) is 4.74 Å². The van der Waals surface area contributed by atoms with Crippen molar-refractivity contribution in [3.8, 4) is 5.75 Å². The number of hydrogen-bond acceptors (Lipinski definition) is 5. The first-order chi connectivity index (χ1) is 13.8. The second-order valence-corrected chi connectivity index (χ2v) is 7.25. The van der Waals surface area contributed by atoms with Crippen molar-refractivity contribution in [2.45, 2.75) is 32.8 Å². The quantitative estimate of drug-likeness (QED) is 0.551. The van der Waals surface area contributed by atoms with E-state index in [1.807, 2.05) is 13.8 Å². The Morgan fingerprint density at radius 2 is 1.34 bits per heavy atom. The van der Waals surface area contributed by atoms with E-state index >= 15 is 0 Å². The lowest BCUT2D eigenvalue weighted by molar-refractivity contribution is -0.131. The maximum Gasteiger partial charge on any atom is 0.337 e. The summed E-state index contributed by atoms with van der Waals surface area (Å²) >= 11 is 0. The number of carbonyl (C=O) groups excluding carboxylic acids is 3. The Labute approximate surface area is 169 Å². The van der Waals surface area contributed by atoms with Crippen LogP contribution in [0.1, 0.15) is 37.0 Å². The Hall–Kier alpha value is -3.35. The molecule has 0 unspecified atom stereocenters. The van der Waals surface area contributed by atoms with E-state index in [9.17, 15) is 14.4 Å². The van der Waals surface area contributed by atoms with Crippen LogP contribution in [-0.4, -0.2) is 31.0 Å². The molecular weight excluding hydrogens is 372 g/mol. The molecule has 2 N–H and O–H groups in total. The fourth-order valence-electron chi connectivity index (χ4n) is 2.88. The molecule has 0 aliphatic heterocycles. The summed E-state index contributed by atoms with van der Waals surface area (Å²) < 4.78 is 10.2. The predicted molar refractivity (Wildman–Crippen MR) is 109 cm³/mol. The van der Waals surface area contributed by atoms with Gasteiger partial charge in [-0.25, -0.2) is 4.79 Å². The van der Waals surface area contributed by atoms with Crippen molar-refractivity contribution in [3.05, 3.63) is 54.1 Å². The summed E-state index contributed by atoms with van der Waals surface area (Å²) in [7, 11) is 1.30. The third kappa shape index (κ3) is 4.74. The zero-order valence-corrected chi connectivity index (χ0v) is 16.7. The van der Waals surface area contributed by atoms with Crippen molar-refractivity contribution >= 4 is 29.2 Å². The van der Waals surface area contributed by atoms with Crippen molar-refractivity contribution < 1.29 is 23.9 Å². The molecule has 1 saturated carbocycles. The number of nitrogens with one attached hydrogen (secondary N) is 2. The molecular formula is C22H24N2O5. The molecule has 1 fully saturated rings. The molecule has 2 amide bonds. The van der Waals surface area contributed by atoms with Gasteiger partial charge in [-0.15, -0.1) is 0 Å². The first kappa shape index (κ1) is 20.4. The molecule has 0 aromatic heterocycles. The number of benzene rings is 2. The third-order valence-electron chi connectivity index (χ3n) is 4.67. The van der Waals surface area contributed by atoms with Gasteiger partial charge in [-0.05, 0) is 75.2 Å². The smallest absolute Gasteiger partial charge is 0.337 e. The largest absolute Gasteiger partial charge is 0.491 e. The molecule has 1 aliphatic rings. The Bertz CT molecular complexity index is 900. The summed E-state index contributed by atoms with van der Waals surface area (Å²) in [4.78, 5) is 36.9. The van der Waals surface area contributed by atoms with Crippen LogP contribution in [0.25, 0.3) is 0 Å². The monoisotopic (exact) mass is 396 g/mol. The highest BCUT2D eigenvalue weighted by molar-refractivity contribution is 6.17. The Kier molecular flexibility index (Phi) is 5.87. The summed E-state index contributed by atoms with van der Waals surface area (Å²) in [5.41, 5.74) is 0.424. The number of anilines is 2. The number of esters is 1. The van der Waals surface area contributed by atoms with Crippen LogP contribution >= 0.6 is 0 Å². The van der Waals surface area contributed by atoms with E-state index < -0.39 is 11.4 Å². The van der Waals surface area contributed by atoms with E-state index in [1.54, 1.807) is 48.5 Å². The van der Waals surface area contributed by atoms with E-state index in [1.165, 1.54) is 7.11 Å². The summed E-state index contributed by atoms with van der Waals surface area (Å²) in [6, 6.07) is 13.4. The van der Waals surface area contributed by atoms with Crippen LogP contribution < -0.4 is 15.4 Å². The Morgan fingerprint density at radius 3 is 1.76 bits per heavy atom. The van der Waals surface area contributed by atoms with Gasteiger partial charge in [0.25, 0.3) is 0 Å². The number of carbonyl (C=O) groups is 3. The molecule has 152 valence electrons. The van der Waals surface area contributed by atoms with Crippen LogP contribution in [0.5, 0.6) is 5.75 Å². The SMILES string of the molecule is COC(=O)c1ccc(NC(=O)C2(C(=O)Nc3ccc(OC(C)C)cc3)CC2)cc1. The van der Waals surface area contributed by atoms with Crippen LogP contribution in [0.2, 0.25) is 0 Å². The number of amides is 2. The molecule has 7 heteroatoms. The zero-order chi connectivity index (χ0) is 21.0. The van der Waals surface area contributed by atoms with Gasteiger partial charge < -0.3 is 20.1 Å². The van der Waals surface area contributed by atoms with Crippen molar-refractivity contribution in [1.29, 1.82) is 0 Å². The van der Waals surface area contributed by atoms with Crippen molar-refractivity contribution in [2.75, 3.05) is 17.7 Å². The highest BCUT2D eigenvalue weighted by atomic mass is 16.5. The van der Waals surface area contributed by atoms with Gasteiger partial charge in [0.15, 0.2) is 0 Å². The predicted octanol–water partition coefficient (Wildman–Crippen LogP) is 3.62. The lowest BCUT2D eigenvalue weighted by atomic mass is 10.0. The van der Waals surface area contributed by atoms with Gasteiger partial charge in [0, 0.05) is 11.4 Å². The summed E-state index contributed by atoms with van der Waals surface area (Å²) in [6.07, 6.45) is 1.04. The molecule has 0 bridgehead atoms. The van der Waals surface area contributed by atoms with Crippen LogP contribution in [0, 0.1) is 5.41 Å². The maximum atomic E-state index is 12.7. The molecule has 1 aliphatic carbocycles. The molecule has 2 aromatic rings. The van der Waals surface area contributed by atoms with E-state index in [0.717, 1.165) is 0 Å². The highest BCUT2D eigenvalue weighted by Gasteiger charge is 2.56.